The number of amides is 2. The summed E-state index contributed by atoms with van der Waals surface area (Å²) in [4.78, 5) is 38.5. The van der Waals surface area contributed by atoms with E-state index in [0.717, 1.165) is 12.0 Å². The van der Waals surface area contributed by atoms with E-state index in [4.69, 9.17) is 4.74 Å². The van der Waals surface area contributed by atoms with Gasteiger partial charge < -0.3 is 4.74 Å². The Kier molecular flexibility index (Phi) is 2.95. The minimum Gasteiger partial charge on any atom is -0.465 e. The second-order valence-electron chi connectivity index (χ2n) is 6.50. The Labute approximate surface area is 133 Å². The van der Waals surface area contributed by atoms with Gasteiger partial charge in [0.1, 0.15) is 0 Å². The van der Waals surface area contributed by atoms with Gasteiger partial charge in [-0.2, -0.15) is 0 Å². The van der Waals surface area contributed by atoms with E-state index in [2.05, 4.69) is 12.2 Å². The van der Waals surface area contributed by atoms with Crippen LogP contribution in [0.15, 0.2) is 30.4 Å². The van der Waals surface area contributed by atoms with E-state index in [1.165, 1.54) is 12.0 Å². The van der Waals surface area contributed by atoms with Crippen molar-refractivity contribution >= 4 is 23.5 Å². The van der Waals surface area contributed by atoms with Crippen LogP contribution < -0.4 is 4.90 Å². The van der Waals surface area contributed by atoms with E-state index in [0.29, 0.717) is 11.3 Å². The van der Waals surface area contributed by atoms with Crippen molar-refractivity contribution in [2.75, 3.05) is 12.0 Å². The van der Waals surface area contributed by atoms with Gasteiger partial charge >= 0.3 is 5.97 Å². The summed E-state index contributed by atoms with van der Waals surface area (Å²) in [5.41, 5.74) is 1.70. The minimum absolute atomic E-state index is 0.106. The lowest BCUT2D eigenvalue weighted by atomic mass is 9.85. The predicted molar refractivity (Wildman–Crippen MR) is 82.7 cm³/mol. The standard InChI is InChI=1S/C18H17NO4/c1-9-7-12(18(22)23-2)5-6-13(9)19-16(20)14-10-3-4-11(8-10)15(14)17(19)21/h3-7,10-11,14-15H,8H2,1-2H3/t10-,11-,14-,15+/m0/s1. The zero-order valence-corrected chi connectivity index (χ0v) is 13.0. The van der Waals surface area contributed by atoms with Crippen LogP contribution in [0.3, 0.4) is 0 Å². The second kappa shape index (κ2) is 4.78. The van der Waals surface area contributed by atoms with Crippen LogP contribution in [0.2, 0.25) is 0 Å². The van der Waals surface area contributed by atoms with Crippen LogP contribution in [-0.2, 0) is 14.3 Å². The lowest BCUT2D eigenvalue weighted by Gasteiger charge is -2.19. The molecule has 2 fully saturated rings. The number of fused-ring (bicyclic) bond motifs is 5. The number of esters is 1. The predicted octanol–water partition coefficient (Wildman–Crippen LogP) is 2.09. The van der Waals surface area contributed by atoms with Gasteiger partial charge in [0.2, 0.25) is 11.8 Å². The van der Waals surface area contributed by atoms with E-state index < -0.39 is 5.97 Å². The van der Waals surface area contributed by atoms with Gasteiger partial charge in [-0.25, -0.2) is 9.69 Å². The fourth-order valence-corrected chi connectivity index (χ4v) is 4.29. The fourth-order valence-electron chi connectivity index (χ4n) is 4.29. The van der Waals surface area contributed by atoms with Gasteiger partial charge in [-0.05, 0) is 48.9 Å². The van der Waals surface area contributed by atoms with Gasteiger partial charge in [-0.15, -0.1) is 0 Å². The Morgan fingerprint density at radius 1 is 1.13 bits per heavy atom. The number of carbonyl (C=O) groups excluding carboxylic acids is 3. The molecule has 118 valence electrons. The molecule has 0 aromatic heterocycles. The number of imide groups is 1. The molecule has 2 bridgehead atoms. The highest BCUT2D eigenvalue weighted by atomic mass is 16.5. The van der Waals surface area contributed by atoms with Crippen molar-refractivity contribution < 1.29 is 19.1 Å². The number of ether oxygens (including phenoxy) is 1. The van der Waals surface area contributed by atoms with Crippen molar-refractivity contribution in [2.24, 2.45) is 23.7 Å². The van der Waals surface area contributed by atoms with Crippen LogP contribution in [0.1, 0.15) is 22.3 Å². The molecule has 23 heavy (non-hydrogen) atoms. The SMILES string of the molecule is COC(=O)c1ccc(N2C(=O)[C@@H]3[C@H](C2=O)[C@H]2C=C[C@H]3C2)c(C)c1. The number of benzene rings is 1. The van der Waals surface area contributed by atoms with Crippen LogP contribution in [0.5, 0.6) is 0 Å². The van der Waals surface area contributed by atoms with Crippen LogP contribution in [-0.4, -0.2) is 24.9 Å². The number of carbonyl (C=O) groups is 3. The maximum atomic E-state index is 12.8. The van der Waals surface area contributed by atoms with Crippen LogP contribution >= 0.6 is 0 Å². The van der Waals surface area contributed by atoms with Gasteiger partial charge in [0.25, 0.3) is 0 Å². The number of anilines is 1. The Morgan fingerprint density at radius 2 is 1.74 bits per heavy atom. The monoisotopic (exact) mass is 311 g/mol. The molecule has 5 nitrogen and oxygen atoms in total. The highest BCUT2D eigenvalue weighted by Gasteiger charge is 2.59. The average molecular weight is 311 g/mol. The summed E-state index contributed by atoms with van der Waals surface area (Å²) < 4.78 is 4.70. The van der Waals surface area contributed by atoms with Gasteiger partial charge in [-0.3, -0.25) is 9.59 Å². The van der Waals surface area contributed by atoms with Crippen molar-refractivity contribution in [3.63, 3.8) is 0 Å². The quantitative estimate of drug-likeness (QED) is 0.477. The number of allylic oxidation sites excluding steroid dienone is 2. The Bertz CT molecular complexity index is 736. The Hall–Kier alpha value is -2.43. The van der Waals surface area contributed by atoms with Crippen molar-refractivity contribution in [2.45, 2.75) is 13.3 Å². The third-order valence-corrected chi connectivity index (χ3v) is 5.33. The van der Waals surface area contributed by atoms with E-state index in [-0.39, 0.29) is 35.5 Å². The zero-order valence-electron chi connectivity index (χ0n) is 13.0. The molecular formula is C18H17NO4. The highest BCUT2D eigenvalue weighted by molar-refractivity contribution is 6.23. The highest BCUT2D eigenvalue weighted by Crippen LogP contribution is 2.53. The van der Waals surface area contributed by atoms with Crippen LogP contribution in [0.4, 0.5) is 5.69 Å². The first kappa shape index (κ1) is 14.2. The van der Waals surface area contributed by atoms with Crippen molar-refractivity contribution in [3.05, 3.63) is 41.5 Å². The molecule has 2 aliphatic carbocycles. The fraction of sp³-hybridized carbons (Fsp3) is 0.389. The molecule has 4 atom stereocenters. The van der Waals surface area contributed by atoms with E-state index in [1.54, 1.807) is 25.1 Å². The molecule has 1 aliphatic heterocycles. The van der Waals surface area contributed by atoms with Gasteiger partial charge in [0.15, 0.2) is 0 Å². The Balaban J connectivity index is 1.71. The second-order valence-corrected chi connectivity index (χ2v) is 6.50. The topological polar surface area (TPSA) is 63.7 Å². The molecule has 1 aromatic carbocycles. The van der Waals surface area contributed by atoms with Crippen LogP contribution in [0, 0.1) is 30.6 Å². The molecule has 1 aromatic rings. The molecule has 1 heterocycles. The number of methoxy groups -OCH3 is 1. The summed E-state index contributed by atoms with van der Waals surface area (Å²) in [5, 5.41) is 0. The summed E-state index contributed by atoms with van der Waals surface area (Å²) in [6.45, 7) is 1.79. The Morgan fingerprint density at radius 3 is 2.26 bits per heavy atom. The summed E-state index contributed by atoms with van der Waals surface area (Å²) in [6.07, 6.45) is 5.07. The molecule has 3 aliphatic rings. The average Bonchev–Trinajstić information content (AvgIpc) is 3.21. The van der Waals surface area contributed by atoms with Crippen molar-refractivity contribution in [1.29, 1.82) is 0 Å². The smallest absolute Gasteiger partial charge is 0.337 e. The number of hydrogen-bond acceptors (Lipinski definition) is 4. The molecule has 0 radical (unpaired) electrons. The molecule has 0 unspecified atom stereocenters. The molecule has 5 heteroatoms. The molecule has 2 amide bonds. The molecule has 1 saturated heterocycles. The largest absolute Gasteiger partial charge is 0.465 e. The van der Waals surface area contributed by atoms with Crippen molar-refractivity contribution in [3.8, 4) is 0 Å². The maximum absolute atomic E-state index is 12.8. The molecule has 0 N–H and O–H groups in total. The normalized spacial score (nSPS) is 31.0. The molecule has 0 spiro atoms. The van der Waals surface area contributed by atoms with Gasteiger partial charge in [0.05, 0.1) is 30.2 Å². The third kappa shape index (κ3) is 1.82. The summed E-state index contributed by atoms with van der Waals surface area (Å²) in [5.74, 6) is -0.675. The zero-order chi connectivity index (χ0) is 16.3. The van der Waals surface area contributed by atoms with E-state index >= 15 is 0 Å². The molecule has 1 saturated carbocycles. The van der Waals surface area contributed by atoms with E-state index in [9.17, 15) is 14.4 Å². The first-order valence-electron chi connectivity index (χ1n) is 7.78. The first-order valence-corrected chi connectivity index (χ1v) is 7.78. The number of hydrogen-bond donors (Lipinski definition) is 0. The summed E-state index contributed by atoms with van der Waals surface area (Å²) in [7, 11) is 1.32. The summed E-state index contributed by atoms with van der Waals surface area (Å²) >= 11 is 0. The van der Waals surface area contributed by atoms with Crippen LogP contribution in [0.25, 0.3) is 0 Å². The third-order valence-electron chi connectivity index (χ3n) is 5.33. The first-order chi connectivity index (χ1) is 11.0. The maximum Gasteiger partial charge on any atom is 0.337 e. The molecular weight excluding hydrogens is 294 g/mol. The number of aryl methyl sites for hydroxylation is 1. The minimum atomic E-state index is -0.433. The van der Waals surface area contributed by atoms with Gasteiger partial charge in [-0.1, -0.05) is 12.2 Å². The lowest BCUT2D eigenvalue weighted by Crippen LogP contribution is -2.33. The number of nitrogens with zero attached hydrogens (tertiary/aromatic N) is 1. The van der Waals surface area contributed by atoms with Crippen molar-refractivity contribution in [1.82, 2.24) is 0 Å². The molecule has 4 rings (SSSR count). The lowest BCUT2D eigenvalue weighted by molar-refractivity contribution is -0.123. The van der Waals surface area contributed by atoms with E-state index in [1.807, 2.05) is 0 Å². The van der Waals surface area contributed by atoms with Gasteiger partial charge in [0, 0.05) is 0 Å². The number of rotatable bonds is 2. The summed E-state index contributed by atoms with van der Waals surface area (Å²) in [6, 6.07) is 4.91.